The molecule has 0 saturated heterocycles. The summed E-state index contributed by atoms with van der Waals surface area (Å²) in [6.07, 6.45) is 0. The summed E-state index contributed by atoms with van der Waals surface area (Å²) in [4.78, 5) is 4.45. The zero-order valence-corrected chi connectivity index (χ0v) is 12.2. The maximum absolute atomic E-state index is 4.45. The van der Waals surface area contributed by atoms with Crippen LogP contribution in [-0.4, -0.2) is 26.1 Å². The lowest BCUT2D eigenvalue weighted by Crippen LogP contribution is -1.94. The Morgan fingerprint density at radius 2 is 2.12 bits per heavy atom. The van der Waals surface area contributed by atoms with Crippen molar-refractivity contribution in [2.24, 2.45) is 0 Å². The summed E-state index contributed by atoms with van der Waals surface area (Å²) in [5.74, 6) is 1.27. The first-order valence-electron chi connectivity index (χ1n) is 5.28. The molecule has 0 bridgehead atoms. The molecule has 2 heterocycles. The molecule has 0 spiro atoms. The van der Waals surface area contributed by atoms with E-state index in [1.165, 1.54) is 34.6 Å². The fourth-order valence-corrected chi connectivity index (χ4v) is 3.81. The van der Waals surface area contributed by atoms with Crippen molar-refractivity contribution in [3.8, 4) is 0 Å². The molecule has 2 aromatic rings. The zero-order chi connectivity index (χ0) is 12.3. The van der Waals surface area contributed by atoms with E-state index in [-0.39, 0.29) is 0 Å². The number of aromatic nitrogens is 4. The van der Waals surface area contributed by atoms with E-state index in [0.717, 1.165) is 26.2 Å². The molecule has 0 fully saturated rings. The number of hydrogen-bond donors (Lipinski definition) is 1. The van der Waals surface area contributed by atoms with Gasteiger partial charge in [-0.05, 0) is 30.2 Å². The molecule has 0 aliphatic rings. The molecule has 0 aliphatic heterocycles. The summed E-state index contributed by atoms with van der Waals surface area (Å²) in [6, 6.07) is 0. The molecule has 0 saturated carbocycles. The average Bonchev–Trinajstić information content (AvgIpc) is 2.89. The topological polar surface area (TPSA) is 63.6 Å². The van der Waals surface area contributed by atoms with Gasteiger partial charge in [-0.1, -0.05) is 25.2 Å². The standard InChI is InChI=1S/C9H13N5S3/c1-4-10-7-12-13-9(15-7)16-8-11-6(5(2)3)14-17-8/h5H,4H2,1-3H3,(H,10,12). The maximum Gasteiger partial charge on any atom is 0.206 e. The Hall–Kier alpha value is -0.730. The first-order chi connectivity index (χ1) is 8.19. The van der Waals surface area contributed by atoms with Crippen LogP contribution in [0.5, 0.6) is 0 Å². The summed E-state index contributed by atoms with van der Waals surface area (Å²) in [6.45, 7) is 7.07. The van der Waals surface area contributed by atoms with Crippen LogP contribution in [0.3, 0.4) is 0 Å². The van der Waals surface area contributed by atoms with Crippen LogP contribution < -0.4 is 5.32 Å². The predicted octanol–water partition coefficient (Wildman–Crippen LogP) is 3.10. The van der Waals surface area contributed by atoms with Crippen LogP contribution in [0, 0.1) is 0 Å². The van der Waals surface area contributed by atoms with Gasteiger partial charge in [0.25, 0.3) is 0 Å². The Balaban J connectivity index is 2.03. The Morgan fingerprint density at radius 3 is 2.76 bits per heavy atom. The van der Waals surface area contributed by atoms with E-state index in [2.05, 4.69) is 38.7 Å². The summed E-state index contributed by atoms with van der Waals surface area (Å²) in [5, 5.41) is 12.1. The van der Waals surface area contributed by atoms with Gasteiger partial charge in [0.2, 0.25) is 5.13 Å². The van der Waals surface area contributed by atoms with Crippen molar-refractivity contribution >= 4 is 39.8 Å². The lowest BCUT2D eigenvalue weighted by atomic mass is 10.2. The first kappa shape index (κ1) is 12.7. The third-order valence-electron chi connectivity index (χ3n) is 1.85. The van der Waals surface area contributed by atoms with Crippen molar-refractivity contribution in [3.63, 3.8) is 0 Å². The summed E-state index contributed by atoms with van der Waals surface area (Å²) < 4.78 is 6.13. The first-order valence-corrected chi connectivity index (χ1v) is 7.68. The second kappa shape index (κ2) is 5.74. The van der Waals surface area contributed by atoms with Crippen molar-refractivity contribution in [2.45, 2.75) is 35.4 Å². The number of nitrogens with one attached hydrogen (secondary N) is 1. The Labute approximate surface area is 112 Å². The summed E-state index contributed by atoms with van der Waals surface area (Å²) >= 11 is 4.48. The highest BCUT2D eigenvalue weighted by molar-refractivity contribution is 8.02. The van der Waals surface area contributed by atoms with Crippen LogP contribution in [0.25, 0.3) is 0 Å². The molecule has 0 radical (unpaired) electrons. The minimum absolute atomic E-state index is 0.368. The number of nitrogens with zero attached hydrogens (tertiary/aromatic N) is 4. The lowest BCUT2D eigenvalue weighted by Gasteiger charge is -1.94. The van der Waals surface area contributed by atoms with Crippen LogP contribution >= 0.6 is 34.6 Å². The van der Waals surface area contributed by atoms with Gasteiger partial charge >= 0.3 is 0 Å². The van der Waals surface area contributed by atoms with Crippen LogP contribution in [0.1, 0.15) is 32.5 Å². The van der Waals surface area contributed by atoms with Gasteiger partial charge in [0.15, 0.2) is 8.68 Å². The maximum atomic E-state index is 4.45. The van der Waals surface area contributed by atoms with Gasteiger partial charge in [-0.15, -0.1) is 10.2 Å². The fourth-order valence-electron chi connectivity index (χ4n) is 1.04. The van der Waals surface area contributed by atoms with Crippen LogP contribution in [0.2, 0.25) is 0 Å². The third-order valence-corrected chi connectivity index (χ3v) is 4.55. The van der Waals surface area contributed by atoms with Gasteiger partial charge in [-0.25, -0.2) is 4.98 Å². The fraction of sp³-hybridized carbons (Fsp3) is 0.556. The van der Waals surface area contributed by atoms with Crippen LogP contribution in [0.15, 0.2) is 8.68 Å². The minimum Gasteiger partial charge on any atom is -0.360 e. The van der Waals surface area contributed by atoms with Crippen molar-refractivity contribution in [1.82, 2.24) is 19.6 Å². The highest BCUT2D eigenvalue weighted by Gasteiger charge is 2.11. The molecular formula is C9H13N5S3. The molecule has 5 nitrogen and oxygen atoms in total. The molecule has 0 amide bonds. The molecule has 17 heavy (non-hydrogen) atoms. The van der Waals surface area contributed by atoms with E-state index in [1.54, 1.807) is 0 Å². The van der Waals surface area contributed by atoms with Gasteiger partial charge in [-0.2, -0.15) is 4.37 Å². The largest absolute Gasteiger partial charge is 0.360 e. The van der Waals surface area contributed by atoms with E-state index in [0.29, 0.717) is 5.92 Å². The van der Waals surface area contributed by atoms with Crippen LogP contribution in [0.4, 0.5) is 5.13 Å². The lowest BCUT2D eigenvalue weighted by molar-refractivity contribution is 0.789. The van der Waals surface area contributed by atoms with Crippen molar-refractivity contribution in [1.29, 1.82) is 0 Å². The number of anilines is 1. The molecule has 8 heteroatoms. The smallest absolute Gasteiger partial charge is 0.206 e. The quantitative estimate of drug-likeness (QED) is 0.911. The Morgan fingerprint density at radius 1 is 1.29 bits per heavy atom. The van der Waals surface area contributed by atoms with Crippen molar-refractivity contribution < 1.29 is 0 Å². The van der Waals surface area contributed by atoms with E-state index in [1.807, 2.05) is 6.92 Å². The van der Waals surface area contributed by atoms with E-state index >= 15 is 0 Å². The second-order valence-electron chi connectivity index (χ2n) is 3.58. The van der Waals surface area contributed by atoms with Gasteiger partial charge in [0, 0.05) is 12.5 Å². The summed E-state index contributed by atoms with van der Waals surface area (Å²) in [7, 11) is 0. The zero-order valence-electron chi connectivity index (χ0n) is 9.80. The highest BCUT2D eigenvalue weighted by Crippen LogP contribution is 2.33. The summed E-state index contributed by atoms with van der Waals surface area (Å²) in [5.41, 5.74) is 0. The third kappa shape index (κ3) is 3.36. The van der Waals surface area contributed by atoms with E-state index < -0.39 is 0 Å². The molecule has 1 N–H and O–H groups in total. The molecule has 0 aromatic carbocycles. The van der Waals surface area contributed by atoms with Crippen LogP contribution in [-0.2, 0) is 0 Å². The molecule has 0 aliphatic carbocycles. The highest BCUT2D eigenvalue weighted by atomic mass is 32.2. The normalized spacial score (nSPS) is 11.1. The molecule has 2 aromatic heterocycles. The SMILES string of the molecule is CCNc1nnc(Sc2nc(C(C)C)ns2)s1. The monoisotopic (exact) mass is 287 g/mol. The van der Waals surface area contributed by atoms with Crippen molar-refractivity contribution in [2.75, 3.05) is 11.9 Å². The van der Waals surface area contributed by atoms with Gasteiger partial charge < -0.3 is 5.32 Å². The van der Waals surface area contributed by atoms with E-state index in [4.69, 9.17) is 0 Å². The Kier molecular flexibility index (Phi) is 4.30. The van der Waals surface area contributed by atoms with Gasteiger partial charge in [-0.3, -0.25) is 0 Å². The minimum atomic E-state index is 0.368. The number of hydrogen-bond acceptors (Lipinski definition) is 8. The number of rotatable bonds is 5. The van der Waals surface area contributed by atoms with Gasteiger partial charge in [0.1, 0.15) is 5.82 Å². The molecule has 92 valence electrons. The molecule has 2 rings (SSSR count). The van der Waals surface area contributed by atoms with Gasteiger partial charge in [0.05, 0.1) is 0 Å². The predicted molar refractivity (Wildman–Crippen MR) is 72.2 cm³/mol. The molecule has 0 atom stereocenters. The Bertz CT molecular complexity index is 478. The second-order valence-corrected chi connectivity index (χ2v) is 6.80. The van der Waals surface area contributed by atoms with E-state index in [9.17, 15) is 0 Å². The molecule has 0 unspecified atom stereocenters. The average molecular weight is 287 g/mol. The molecular weight excluding hydrogens is 274 g/mol. The van der Waals surface area contributed by atoms with Crippen molar-refractivity contribution in [3.05, 3.63) is 5.82 Å².